The Hall–Kier alpha value is -0.150. The smallest absolute Gasteiger partial charge is 0.0692 e. The maximum absolute atomic E-state index is 10.6. The molecule has 0 saturated heterocycles. The molecule has 0 spiro atoms. The molecule has 2 unspecified atom stereocenters. The number of hydrogen-bond donors (Lipinski definition) is 1. The second-order valence-electron chi connectivity index (χ2n) is 2.59. The van der Waals surface area contributed by atoms with Gasteiger partial charge >= 0.3 is 0 Å². The van der Waals surface area contributed by atoms with Crippen LogP contribution in [0.3, 0.4) is 0 Å². The van der Waals surface area contributed by atoms with Crippen LogP contribution in [0.25, 0.3) is 0 Å². The average Bonchev–Trinajstić information content (AvgIpc) is 1.85. The average molecular weight is 176 g/mol. The van der Waals surface area contributed by atoms with Gasteiger partial charge in [0.15, 0.2) is 0 Å². The van der Waals surface area contributed by atoms with E-state index in [0.29, 0.717) is 0 Å². The van der Waals surface area contributed by atoms with Crippen LogP contribution < -0.4 is 0 Å². The summed E-state index contributed by atoms with van der Waals surface area (Å²) in [6.07, 6.45) is 6.87. The second-order valence-corrected chi connectivity index (χ2v) is 4.14. The fourth-order valence-electron chi connectivity index (χ4n) is 0.698. The lowest BCUT2D eigenvalue weighted by Gasteiger charge is -1.94. The molecule has 2 nitrogen and oxygen atoms in total. The van der Waals surface area contributed by atoms with Crippen LogP contribution in [-0.4, -0.2) is 27.4 Å². The van der Waals surface area contributed by atoms with Crippen molar-refractivity contribution in [2.24, 2.45) is 0 Å². The van der Waals surface area contributed by atoms with Crippen molar-refractivity contribution in [1.29, 1.82) is 0 Å². The van der Waals surface area contributed by atoms with E-state index in [1.807, 2.05) is 6.08 Å². The third-order valence-electron chi connectivity index (χ3n) is 1.22. The summed E-state index contributed by atoms with van der Waals surface area (Å²) < 4.78 is 10.6. The van der Waals surface area contributed by atoms with Crippen molar-refractivity contribution in [3.63, 3.8) is 0 Å². The van der Waals surface area contributed by atoms with E-state index in [1.165, 1.54) is 0 Å². The van der Waals surface area contributed by atoms with E-state index < -0.39 is 10.8 Å². The molecule has 0 saturated carbocycles. The molecule has 0 aliphatic carbocycles. The predicted molar refractivity (Wildman–Crippen MR) is 49.0 cm³/mol. The first-order valence-corrected chi connectivity index (χ1v) is 5.50. The van der Waals surface area contributed by atoms with Gasteiger partial charge in [0, 0.05) is 22.8 Å². The Bertz CT molecular complexity index is 141. The van der Waals surface area contributed by atoms with Crippen molar-refractivity contribution < 1.29 is 9.32 Å². The highest BCUT2D eigenvalue weighted by atomic mass is 32.2. The largest absolute Gasteiger partial charge is 0.389 e. The van der Waals surface area contributed by atoms with Crippen LogP contribution in [-0.2, 0) is 10.8 Å². The van der Waals surface area contributed by atoms with Gasteiger partial charge < -0.3 is 5.11 Å². The molecule has 0 radical (unpaired) electrons. The lowest BCUT2D eigenvalue weighted by Crippen LogP contribution is -1.94. The van der Waals surface area contributed by atoms with E-state index in [4.69, 9.17) is 5.11 Å². The molecule has 0 aliphatic heterocycles. The molecule has 66 valence electrons. The van der Waals surface area contributed by atoms with Crippen LogP contribution in [0.1, 0.15) is 19.8 Å². The third-order valence-corrected chi connectivity index (χ3v) is 2.08. The van der Waals surface area contributed by atoms with E-state index in [0.717, 1.165) is 18.6 Å². The summed E-state index contributed by atoms with van der Waals surface area (Å²) >= 11 is 0. The van der Waals surface area contributed by atoms with Gasteiger partial charge in [-0.05, 0) is 19.8 Å². The highest BCUT2D eigenvalue weighted by molar-refractivity contribution is 7.84. The lowest BCUT2D eigenvalue weighted by atomic mass is 10.3. The van der Waals surface area contributed by atoms with E-state index >= 15 is 0 Å². The Kier molecular flexibility index (Phi) is 6.46. The number of unbranched alkanes of at least 4 members (excludes halogenated alkanes) is 1. The minimum atomic E-state index is -0.676. The topological polar surface area (TPSA) is 37.3 Å². The van der Waals surface area contributed by atoms with Crippen molar-refractivity contribution in [2.75, 3.05) is 12.0 Å². The zero-order valence-corrected chi connectivity index (χ0v) is 7.93. The highest BCUT2D eigenvalue weighted by Crippen LogP contribution is 1.94. The number of aliphatic hydroxyl groups is 1. The third kappa shape index (κ3) is 9.85. The molecule has 0 aromatic heterocycles. The van der Waals surface area contributed by atoms with Gasteiger partial charge in [-0.2, -0.15) is 0 Å². The van der Waals surface area contributed by atoms with Crippen molar-refractivity contribution >= 4 is 10.8 Å². The maximum atomic E-state index is 10.6. The van der Waals surface area contributed by atoms with Gasteiger partial charge in [-0.25, -0.2) is 0 Å². The Balaban J connectivity index is 3.20. The number of rotatable bonds is 5. The fraction of sp³-hybridized carbons (Fsp3) is 0.750. The number of allylic oxidation sites excluding steroid dienone is 1. The molecule has 3 heteroatoms. The van der Waals surface area contributed by atoms with Gasteiger partial charge in [-0.3, -0.25) is 4.21 Å². The van der Waals surface area contributed by atoms with Crippen LogP contribution in [0, 0.1) is 0 Å². The minimum absolute atomic E-state index is 0.359. The number of hydrogen-bond acceptors (Lipinski definition) is 2. The first-order chi connectivity index (χ1) is 5.13. The fourth-order valence-corrected chi connectivity index (χ4v) is 1.27. The minimum Gasteiger partial charge on any atom is -0.389 e. The summed E-state index contributed by atoms with van der Waals surface area (Å²) in [5.41, 5.74) is 0. The van der Waals surface area contributed by atoms with E-state index in [-0.39, 0.29) is 6.10 Å². The van der Waals surface area contributed by atoms with Crippen LogP contribution in [0.4, 0.5) is 0 Å². The van der Waals surface area contributed by atoms with Crippen LogP contribution in [0.15, 0.2) is 12.2 Å². The van der Waals surface area contributed by atoms with Crippen LogP contribution in [0.5, 0.6) is 0 Å². The molecule has 0 amide bonds. The van der Waals surface area contributed by atoms with Crippen molar-refractivity contribution in [1.82, 2.24) is 0 Å². The molecular weight excluding hydrogens is 160 g/mol. The Morgan fingerprint density at radius 2 is 2.27 bits per heavy atom. The Morgan fingerprint density at radius 1 is 1.64 bits per heavy atom. The van der Waals surface area contributed by atoms with Crippen molar-refractivity contribution in [2.45, 2.75) is 25.9 Å². The van der Waals surface area contributed by atoms with Crippen LogP contribution in [0.2, 0.25) is 0 Å². The lowest BCUT2D eigenvalue weighted by molar-refractivity contribution is 0.244. The molecule has 0 aliphatic rings. The Labute approximate surface area is 70.8 Å². The normalized spacial score (nSPS) is 17.0. The maximum Gasteiger partial charge on any atom is 0.0692 e. The first-order valence-electron chi connectivity index (χ1n) is 3.77. The molecule has 0 aromatic rings. The van der Waals surface area contributed by atoms with E-state index in [2.05, 4.69) is 0 Å². The molecule has 0 bridgehead atoms. The molecule has 2 atom stereocenters. The SMILES string of the molecule is CC(O)/C=C\CCCS(C)=O. The molecule has 1 N–H and O–H groups in total. The summed E-state index contributed by atoms with van der Waals surface area (Å²) in [5.74, 6) is 0.754. The first kappa shape index (κ1) is 10.8. The zero-order valence-electron chi connectivity index (χ0n) is 7.12. The van der Waals surface area contributed by atoms with Gasteiger partial charge in [0.2, 0.25) is 0 Å². The van der Waals surface area contributed by atoms with Gasteiger partial charge in [0.05, 0.1) is 6.10 Å². The van der Waals surface area contributed by atoms with Gasteiger partial charge in [0.25, 0.3) is 0 Å². The number of aliphatic hydroxyl groups excluding tert-OH is 1. The van der Waals surface area contributed by atoms with E-state index in [9.17, 15) is 4.21 Å². The standard InChI is InChI=1S/C8H16O2S/c1-8(9)6-4-3-5-7-11(2)10/h4,6,8-9H,3,5,7H2,1-2H3/b6-4-. The van der Waals surface area contributed by atoms with Gasteiger partial charge in [0.1, 0.15) is 0 Å². The summed E-state index contributed by atoms with van der Waals surface area (Å²) in [6, 6.07) is 0. The van der Waals surface area contributed by atoms with Crippen molar-refractivity contribution in [3.8, 4) is 0 Å². The molecular formula is C8H16O2S. The quantitative estimate of drug-likeness (QED) is 0.503. The van der Waals surface area contributed by atoms with Gasteiger partial charge in [-0.1, -0.05) is 12.2 Å². The molecule has 0 fully saturated rings. The molecule has 0 heterocycles. The summed E-state index contributed by atoms with van der Waals surface area (Å²) in [7, 11) is -0.676. The van der Waals surface area contributed by atoms with Gasteiger partial charge in [-0.15, -0.1) is 0 Å². The summed E-state index contributed by atoms with van der Waals surface area (Å²) in [5, 5.41) is 8.81. The summed E-state index contributed by atoms with van der Waals surface area (Å²) in [4.78, 5) is 0. The molecule has 0 rings (SSSR count). The molecule has 0 aromatic carbocycles. The van der Waals surface area contributed by atoms with E-state index in [1.54, 1.807) is 19.3 Å². The predicted octanol–water partition coefficient (Wildman–Crippen LogP) is 1.08. The zero-order chi connectivity index (χ0) is 8.69. The molecule has 11 heavy (non-hydrogen) atoms. The highest BCUT2D eigenvalue weighted by Gasteiger charge is 1.89. The second kappa shape index (κ2) is 6.55. The summed E-state index contributed by atoms with van der Waals surface area (Å²) in [6.45, 7) is 1.72. The van der Waals surface area contributed by atoms with Crippen LogP contribution >= 0.6 is 0 Å². The Morgan fingerprint density at radius 3 is 2.73 bits per heavy atom. The van der Waals surface area contributed by atoms with Crippen molar-refractivity contribution in [3.05, 3.63) is 12.2 Å². The monoisotopic (exact) mass is 176 g/mol.